The third-order valence-electron chi connectivity index (χ3n) is 5.23. The second-order valence-corrected chi connectivity index (χ2v) is 7.88. The van der Waals surface area contributed by atoms with E-state index < -0.39 is 0 Å². The Bertz CT molecular complexity index is 303. The summed E-state index contributed by atoms with van der Waals surface area (Å²) in [5.74, 6) is 0.716. The molecule has 4 heteroatoms. The maximum Gasteiger partial charge on any atom is 0.0547 e. The highest BCUT2D eigenvalue weighted by Crippen LogP contribution is 2.30. The van der Waals surface area contributed by atoms with Gasteiger partial charge in [-0.1, -0.05) is 13.8 Å². The summed E-state index contributed by atoms with van der Waals surface area (Å²) in [7, 11) is 2.26. The molecule has 0 radical (unpaired) electrons. The van der Waals surface area contributed by atoms with Crippen molar-refractivity contribution in [2.45, 2.75) is 46.2 Å². The number of likely N-dealkylation sites (N-methyl/N-ethyl adjacent to an activating group) is 1. The molecule has 21 heavy (non-hydrogen) atoms. The van der Waals surface area contributed by atoms with Crippen molar-refractivity contribution in [3.05, 3.63) is 0 Å². The summed E-state index contributed by atoms with van der Waals surface area (Å²) in [4.78, 5) is 5.17. The number of nitrogens with one attached hydrogen (secondary N) is 1. The maximum absolute atomic E-state index is 5.76. The largest absolute Gasteiger partial charge is 0.381 e. The molecule has 4 nitrogen and oxygen atoms in total. The van der Waals surface area contributed by atoms with E-state index in [0.29, 0.717) is 23.4 Å². The third-order valence-corrected chi connectivity index (χ3v) is 5.23. The van der Waals surface area contributed by atoms with E-state index in [9.17, 15) is 0 Å². The molecule has 3 unspecified atom stereocenters. The van der Waals surface area contributed by atoms with E-state index in [1.54, 1.807) is 0 Å². The normalized spacial score (nSPS) is 35.7. The van der Waals surface area contributed by atoms with Crippen LogP contribution in [0.15, 0.2) is 0 Å². The first kappa shape index (κ1) is 17.2. The Morgan fingerprint density at radius 2 is 1.90 bits per heavy atom. The van der Waals surface area contributed by atoms with Gasteiger partial charge in [0.1, 0.15) is 0 Å². The van der Waals surface area contributed by atoms with Crippen LogP contribution in [0.3, 0.4) is 0 Å². The standard InChI is InChI=1S/C17H35N3O/c1-14(2)8-18-11-17(6-7-21-13-17)12-20-9-15(3)19(5)16(4)10-20/h14-16,18H,6-13H2,1-5H3. The van der Waals surface area contributed by atoms with E-state index in [-0.39, 0.29) is 0 Å². The lowest BCUT2D eigenvalue weighted by Crippen LogP contribution is -2.58. The minimum absolute atomic E-state index is 0.324. The molecule has 0 aromatic carbocycles. The lowest BCUT2D eigenvalue weighted by atomic mass is 9.85. The fraction of sp³-hybridized carbons (Fsp3) is 1.00. The average Bonchev–Trinajstić information content (AvgIpc) is 2.84. The van der Waals surface area contributed by atoms with Crippen molar-refractivity contribution in [1.82, 2.24) is 15.1 Å². The Morgan fingerprint density at radius 1 is 1.24 bits per heavy atom. The van der Waals surface area contributed by atoms with Crippen molar-refractivity contribution >= 4 is 0 Å². The summed E-state index contributed by atoms with van der Waals surface area (Å²) < 4.78 is 5.76. The van der Waals surface area contributed by atoms with Crippen LogP contribution in [0.5, 0.6) is 0 Å². The lowest BCUT2D eigenvalue weighted by molar-refractivity contribution is 0.0267. The first-order valence-corrected chi connectivity index (χ1v) is 8.65. The molecule has 0 amide bonds. The number of ether oxygens (including phenoxy) is 1. The predicted molar refractivity (Wildman–Crippen MR) is 88.7 cm³/mol. The zero-order chi connectivity index (χ0) is 15.5. The van der Waals surface area contributed by atoms with E-state index in [0.717, 1.165) is 26.3 Å². The molecule has 124 valence electrons. The molecular formula is C17H35N3O. The monoisotopic (exact) mass is 297 g/mol. The highest BCUT2D eigenvalue weighted by atomic mass is 16.5. The van der Waals surface area contributed by atoms with Gasteiger partial charge in [-0.3, -0.25) is 9.80 Å². The van der Waals surface area contributed by atoms with E-state index in [2.05, 4.69) is 49.9 Å². The molecule has 0 spiro atoms. The van der Waals surface area contributed by atoms with Crippen LogP contribution in [0.2, 0.25) is 0 Å². The van der Waals surface area contributed by atoms with Gasteiger partial charge in [-0.2, -0.15) is 0 Å². The molecule has 2 aliphatic rings. The van der Waals surface area contributed by atoms with Gasteiger partial charge in [0.2, 0.25) is 0 Å². The second kappa shape index (κ2) is 7.40. The molecule has 0 aliphatic carbocycles. The average molecular weight is 297 g/mol. The second-order valence-electron chi connectivity index (χ2n) is 7.88. The minimum atomic E-state index is 0.324. The van der Waals surface area contributed by atoms with Gasteiger partial charge < -0.3 is 10.1 Å². The molecule has 2 heterocycles. The molecule has 0 bridgehead atoms. The highest BCUT2D eigenvalue weighted by molar-refractivity contribution is 4.92. The molecule has 2 aliphatic heterocycles. The summed E-state index contributed by atoms with van der Waals surface area (Å²) in [5, 5.41) is 3.67. The van der Waals surface area contributed by atoms with Crippen molar-refractivity contribution in [3.8, 4) is 0 Å². The topological polar surface area (TPSA) is 27.7 Å². The Kier molecular flexibility index (Phi) is 6.06. The lowest BCUT2D eigenvalue weighted by Gasteiger charge is -2.45. The Hall–Kier alpha value is -0.160. The third kappa shape index (κ3) is 4.65. The van der Waals surface area contributed by atoms with Gasteiger partial charge >= 0.3 is 0 Å². The van der Waals surface area contributed by atoms with Crippen molar-refractivity contribution in [3.63, 3.8) is 0 Å². The van der Waals surface area contributed by atoms with E-state index in [1.807, 2.05) is 0 Å². The number of nitrogens with zero attached hydrogens (tertiary/aromatic N) is 2. The van der Waals surface area contributed by atoms with Crippen LogP contribution in [0.1, 0.15) is 34.1 Å². The Balaban J connectivity index is 1.90. The van der Waals surface area contributed by atoms with Gasteiger partial charge in [0.15, 0.2) is 0 Å². The van der Waals surface area contributed by atoms with Crippen molar-refractivity contribution in [1.29, 1.82) is 0 Å². The van der Waals surface area contributed by atoms with Gasteiger partial charge in [-0.25, -0.2) is 0 Å². The molecule has 2 saturated heterocycles. The number of hydrogen-bond acceptors (Lipinski definition) is 4. The molecule has 0 aromatic heterocycles. The summed E-state index contributed by atoms with van der Waals surface area (Å²) in [6.07, 6.45) is 1.20. The van der Waals surface area contributed by atoms with Gasteiger partial charge in [0.25, 0.3) is 0 Å². The Labute approximate surface area is 131 Å². The molecule has 0 aromatic rings. The smallest absolute Gasteiger partial charge is 0.0547 e. The van der Waals surface area contributed by atoms with Gasteiger partial charge in [0, 0.05) is 50.3 Å². The minimum Gasteiger partial charge on any atom is -0.381 e. The van der Waals surface area contributed by atoms with Crippen molar-refractivity contribution in [2.75, 3.05) is 53.0 Å². The fourth-order valence-electron chi connectivity index (χ4n) is 3.71. The summed E-state index contributed by atoms with van der Waals surface area (Å²) >= 11 is 0. The first-order valence-electron chi connectivity index (χ1n) is 8.65. The molecule has 3 atom stereocenters. The SMILES string of the molecule is CC(C)CNCC1(CN2CC(C)N(C)C(C)C2)CCOC1. The Morgan fingerprint density at radius 3 is 2.43 bits per heavy atom. The van der Waals surface area contributed by atoms with Crippen LogP contribution in [0, 0.1) is 11.3 Å². The first-order chi connectivity index (χ1) is 9.92. The van der Waals surface area contributed by atoms with Crippen molar-refractivity contribution < 1.29 is 4.74 Å². The number of piperazine rings is 1. The van der Waals surface area contributed by atoms with E-state index in [1.165, 1.54) is 26.1 Å². The molecule has 2 rings (SSSR count). The van der Waals surface area contributed by atoms with Gasteiger partial charge in [0.05, 0.1) is 6.61 Å². The molecule has 1 N–H and O–H groups in total. The van der Waals surface area contributed by atoms with Gasteiger partial charge in [-0.15, -0.1) is 0 Å². The molecule has 0 saturated carbocycles. The highest BCUT2D eigenvalue weighted by Gasteiger charge is 2.38. The van der Waals surface area contributed by atoms with Crippen LogP contribution >= 0.6 is 0 Å². The maximum atomic E-state index is 5.76. The van der Waals surface area contributed by atoms with Crippen LogP contribution in [0.25, 0.3) is 0 Å². The predicted octanol–water partition coefficient (Wildman–Crippen LogP) is 1.66. The summed E-state index contributed by atoms with van der Waals surface area (Å²) in [5.41, 5.74) is 0.324. The van der Waals surface area contributed by atoms with Crippen molar-refractivity contribution in [2.24, 2.45) is 11.3 Å². The fourth-order valence-corrected chi connectivity index (χ4v) is 3.71. The van der Waals surface area contributed by atoms with Gasteiger partial charge in [-0.05, 0) is 39.8 Å². The quantitative estimate of drug-likeness (QED) is 0.807. The molecular weight excluding hydrogens is 262 g/mol. The molecule has 2 fully saturated rings. The van der Waals surface area contributed by atoms with E-state index in [4.69, 9.17) is 4.74 Å². The summed E-state index contributed by atoms with van der Waals surface area (Å²) in [6.45, 7) is 16.9. The number of hydrogen-bond donors (Lipinski definition) is 1. The van der Waals surface area contributed by atoms with Crippen LogP contribution in [-0.4, -0.2) is 74.9 Å². The van der Waals surface area contributed by atoms with Crippen LogP contribution in [-0.2, 0) is 4.74 Å². The zero-order valence-corrected chi connectivity index (χ0v) is 14.7. The summed E-state index contributed by atoms with van der Waals surface area (Å²) in [6, 6.07) is 1.30. The van der Waals surface area contributed by atoms with E-state index >= 15 is 0 Å². The number of rotatable bonds is 6. The zero-order valence-electron chi connectivity index (χ0n) is 14.7. The van der Waals surface area contributed by atoms with Crippen LogP contribution < -0.4 is 5.32 Å². The van der Waals surface area contributed by atoms with Crippen LogP contribution in [0.4, 0.5) is 0 Å².